The minimum atomic E-state index is 0.0500. The zero-order chi connectivity index (χ0) is 17.9. The lowest BCUT2D eigenvalue weighted by Crippen LogP contribution is -2.30. The van der Waals surface area contributed by atoms with Gasteiger partial charge in [0.1, 0.15) is 0 Å². The molecule has 6 nitrogen and oxygen atoms in total. The molecule has 1 heterocycles. The standard InChI is InChI=1S/C20H26N4O2/c1-13(25)21-17-8-6-14(10-17)11-19-23-24-20(26-19)22-18-9-7-15-4-2-3-5-16(15)12-18/h2-5,14,17-18H,6-12H2,1H3,(H,21,25)(H,22,24)/t14-,17+,18?/m0/s1. The maximum atomic E-state index is 11.2. The van der Waals surface area contributed by atoms with Crippen LogP contribution in [0.2, 0.25) is 0 Å². The van der Waals surface area contributed by atoms with E-state index >= 15 is 0 Å². The van der Waals surface area contributed by atoms with Crippen molar-refractivity contribution in [2.45, 2.75) is 64.0 Å². The molecule has 1 unspecified atom stereocenters. The zero-order valence-corrected chi connectivity index (χ0v) is 15.2. The topological polar surface area (TPSA) is 80.0 Å². The maximum absolute atomic E-state index is 11.2. The van der Waals surface area contributed by atoms with E-state index in [9.17, 15) is 4.79 Å². The first kappa shape index (κ1) is 17.1. The van der Waals surface area contributed by atoms with E-state index in [1.54, 1.807) is 6.92 Å². The first-order chi connectivity index (χ1) is 12.7. The second kappa shape index (κ2) is 7.48. The molecule has 2 aromatic rings. The Hall–Kier alpha value is -2.37. The maximum Gasteiger partial charge on any atom is 0.315 e. The van der Waals surface area contributed by atoms with E-state index in [0.717, 1.165) is 44.9 Å². The Morgan fingerprint density at radius 1 is 1.15 bits per heavy atom. The van der Waals surface area contributed by atoms with Crippen LogP contribution in [0, 0.1) is 5.92 Å². The number of aryl methyl sites for hydroxylation is 1. The molecule has 1 saturated carbocycles. The molecule has 2 aliphatic carbocycles. The van der Waals surface area contributed by atoms with Crippen LogP contribution >= 0.6 is 0 Å². The number of carbonyl (C=O) groups is 1. The molecule has 1 aromatic heterocycles. The lowest BCUT2D eigenvalue weighted by molar-refractivity contribution is -0.119. The van der Waals surface area contributed by atoms with Crippen LogP contribution in [-0.4, -0.2) is 28.2 Å². The van der Waals surface area contributed by atoms with Gasteiger partial charge in [0.05, 0.1) is 0 Å². The molecular weight excluding hydrogens is 328 g/mol. The molecule has 0 radical (unpaired) electrons. The van der Waals surface area contributed by atoms with E-state index < -0.39 is 0 Å². The van der Waals surface area contributed by atoms with Crippen molar-refractivity contribution < 1.29 is 9.21 Å². The molecule has 3 atom stereocenters. The molecular formula is C20H26N4O2. The lowest BCUT2D eigenvalue weighted by atomic mass is 9.88. The smallest absolute Gasteiger partial charge is 0.315 e. The van der Waals surface area contributed by atoms with Gasteiger partial charge in [-0.3, -0.25) is 4.79 Å². The Morgan fingerprint density at radius 3 is 2.85 bits per heavy atom. The third-order valence-corrected chi connectivity index (χ3v) is 5.55. The van der Waals surface area contributed by atoms with Gasteiger partial charge in [-0.2, -0.15) is 0 Å². The number of benzene rings is 1. The Kier molecular flexibility index (Phi) is 4.91. The average Bonchev–Trinajstić information content (AvgIpc) is 3.24. The monoisotopic (exact) mass is 354 g/mol. The normalized spacial score (nSPS) is 24.9. The number of nitrogens with zero attached hydrogens (tertiary/aromatic N) is 2. The summed E-state index contributed by atoms with van der Waals surface area (Å²) in [7, 11) is 0. The second-order valence-corrected chi connectivity index (χ2v) is 7.63. The SMILES string of the molecule is CC(=O)N[C@@H]1CC[C@H](Cc2nnc(NC3CCc4ccccc4C3)o2)C1. The number of amides is 1. The van der Waals surface area contributed by atoms with E-state index in [4.69, 9.17) is 4.42 Å². The molecule has 0 bridgehead atoms. The summed E-state index contributed by atoms with van der Waals surface area (Å²) in [6, 6.07) is 9.79. The van der Waals surface area contributed by atoms with Crippen LogP contribution in [0.15, 0.2) is 28.7 Å². The van der Waals surface area contributed by atoms with Crippen molar-refractivity contribution >= 4 is 11.9 Å². The minimum Gasteiger partial charge on any atom is -0.408 e. The molecule has 26 heavy (non-hydrogen) atoms. The molecule has 6 heteroatoms. The van der Waals surface area contributed by atoms with Crippen molar-refractivity contribution in [1.29, 1.82) is 0 Å². The lowest BCUT2D eigenvalue weighted by Gasteiger charge is -2.24. The number of carbonyl (C=O) groups excluding carboxylic acids is 1. The number of rotatable bonds is 5. The van der Waals surface area contributed by atoms with E-state index in [2.05, 4.69) is 45.1 Å². The van der Waals surface area contributed by atoms with Gasteiger partial charge in [0.15, 0.2) is 0 Å². The molecule has 0 spiro atoms. The number of aromatic nitrogens is 2. The van der Waals surface area contributed by atoms with Crippen molar-refractivity contribution in [1.82, 2.24) is 15.5 Å². The van der Waals surface area contributed by atoms with Gasteiger partial charge < -0.3 is 15.1 Å². The summed E-state index contributed by atoms with van der Waals surface area (Å²) in [5.74, 6) is 1.24. The summed E-state index contributed by atoms with van der Waals surface area (Å²) in [5, 5.41) is 14.8. The molecule has 2 aliphatic rings. The van der Waals surface area contributed by atoms with Crippen molar-refractivity contribution in [3.63, 3.8) is 0 Å². The predicted octanol–water partition coefficient (Wildman–Crippen LogP) is 2.89. The fraction of sp³-hybridized carbons (Fsp3) is 0.550. The van der Waals surface area contributed by atoms with Gasteiger partial charge in [-0.25, -0.2) is 0 Å². The van der Waals surface area contributed by atoms with Gasteiger partial charge in [0, 0.05) is 25.4 Å². The molecule has 138 valence electrons. The summed E-state index contributed by atoms with van der Waals surface area (Å²) < 4.78 is 5.83. The molecule has 1 fully saturated rings. The Labute approximate surface area is 153 Å². The predicted molar refractivity (Wildman–Crippen MR) is 98.8 cm³/mol. The zero-order valence-electron chi connectivity index (χ0n) is 15.2. The first-order valence-corrected chi connectivity index (χ1v) is 9.58. The van der Waals surface area contributed by atoms with Gasteiger partial charge in [0.2, 0.25) is 11.8 Å². The van der Waals surface area contributed by atoms with Crippen LogP contribution in [0.5, 0.6) is 0 Å². The highest BCUT2D eigenvalue weighted by Gasteiger charge is 2.27. The Morgan fingerprint density at radius 2 is 2.00 bits per heavy atom. The fourth-order valence-electron chi connectivity index (χ4n) is 4.32. The largest absolute Gasteiger partial charge is 0.408 e. The Balaban J connectivity index is 1.30. The van der Waals surface area contributed by atoms with Crippen molar-refractivity contribution in [3.05, 3.63) is 41.3 Å². The van der Waals surface area contributed by atoms with Crippen LogP contribution in [-0.2, 0) is 24.1 Å². The van der Waals surface area contributed by atoms with Crippen molar-refractivity contribution in [2.75, 3.05) is 5.32 Å². The minimum absolute atomic E-state index is 0.0500. The summed E-state index contributed by atoms with van der Waals surface area (Å²) in [6.07, 6.45) is 7.06. The van der Waals surface area contributed by atoms with Gasteiger partial charge in [-0.15, -0.1) is 5.10 Å². The summed E-state index contributed by atoms with van der Waals surface area (Å²) in [6.45, 7) is 1.58. The summed E-state index contributed by atoms with van der Waals surface area (Å²) >= 11 is 0. The molecule has 4 rings (SSSR count). The van der Waals surface area contributed by atoms with Crippen LogP contribution in [0.25, 0.3) is 0 Å². The number of hydrogen-bond donors (Lipinski definition) is 2. The quantitative estimate of drug-likeness (QED) is 0.863. The van der Waals surface area contributed by atoms with E-state index in [0.29, 0.717) is 29.9 Å². The van der Waals surface area contributed by atoms with Gasteiger partial charge in [-0.1, -0.05) is 29.4 Å². The van der Waals surface area contributed by atoms with Gasteiger partial charge >= 0.3 is 6.01 Å². The molecule has 0 saturated heterocycles. The highest BCUT2D eigenvalue weighted by atomic mass is 16.4. The molecule has 2 N–H and O–H groups in total. The Bertz CT molecular complexity index is 773. The third kappa shape index (κ3) is 4.06. The van der Waals surface area contributed by atoms with Crippen LogP contribution < -0.4 is 10.6 Å². The number of anilines is 1. The summed E-state index contributed by atoms with van der Waals surface area (Å²) in [5.41, 5.74) is 2.86. The van der Waals surface area contributed by atoms with Gasteiger partial charge in [-0.05, 0) is 55.6 Å². The first-order valence-electron chi connectivity index (χ1n) is 9.58. The number of hydrogen-bond acceptors (Lipinski definition) is 5. The highest BCUT2D eigenvalue weighted by Crippen LogP contribution is 2.29. The van der Waals surface area contributed by atoms with Crippen molar-refractivity contribution in [3.8, 4) is 0 Å². The van der Waals surface area contributed by atoms with E-state index in [-0.39, 0.29) is 5.91 Å². The van der Waals surface area contributed by atoms with Crippen LogP contribution in [0.4, 0.5) is 6.01 Å². The average molecular weight is 354 g/mol. The van der Waals surface area contributed by atoms with Crippen LogP contribution in [0.1, 0.15) is 49.6 Å². The third-order valence-electron chi connectivity index (χ3n) is 5.55. The molecule has 1 amide bonds. The van der Waals surface area contributed by atoms with E-state index in [1.165, 1.54) is 11.1 Å². The van der Waals surface area contributed by atoms with Crippen molar-refractivity contribution in [2.24, 2.45) is 5.92 Å². The molecule has 1 aromatic carbocycles. The highest BCUT2D eigenvalue weighted by molar-refractivity contribution is 5.73. The van der Waals surface area contributed by atoms with Gasteiger partial charge in [0.25, 0.3) is 0 Å². The fourth-order valence-corrected chi connectivity index (χ4v) is 4.32. The number of fused-ring (bicyclic) bond motifs is 1. The second-order valence-electron chi connectivity index (χ2n) is 7.63. The van der Waals surface area contributed by atoms with E-state index in [1.807, 2.05) is 0 Å². The van der Waals surface area contributed by atoms with Crippen LogP contribution in [0.3, 0.4) is 0 Å². The number of nitrogens with one attached hydrogen (secondary N) is 2. The summed E-state index contributed by atoms with van der Waals surface area (Å²) in [4.78, 5) is 11.2. The molecule has 0 aliphatic heterocycles.